The first-order chi connectivity index (χ1) is 8.19. The Kier molecular flexibility index (Phi) is 3.45. The highest BCUT2D eigenvalue weighted by atomic mass is 35.5. The molecule has 17 heavy (non-hydrogen) atoms. The molecule has 0 spiro atoms. The summed E-state index contributed by atoms with van der Waals surface area (Å²) in [5.74, 6) is 0.746. The summed E-state index contributed by atoms with van der Waals surface area (Å²) in [4.78, 5) is 16.8. The van der Waals surface area contributed by atoms with Gasteiger partial charge in [-0.2, -0.15) is 0 Å². The SMILES string of the molecule is CCc1nc2cccc(Cl)c2c(=O)n1CCN. The van der Waals surface area contributed by atoms with Gasteiger partial charge in [0, 0.05) is 19.5 Å². The van der Waals surface area contributed by atoms with Crippen LogP contribution in [0.25, 0.3) is 10.9 Å². The van der Waals surface area contributed by atoms with Crippen LogP contribution in [0.5, 0.6) is 0 Å². The van der Waals surface area contributed by atoms with Gasteiger partial charge >= 0.3 is 0 Å². The maximum Gasteiger partial charge on any atom is 0.262 e. The summed E-state index contributed by atoms with van der Waals surface area (Å²) in [6, 6.07) is 5.30. The van der Waals surface area contributed by atoms with E-state index in [0.29, 0.717) is 35.4 Å². The molecule has 0 amide bonds. The highest BCUT2D eigenvalue weighted by molar-refractivity contribution is 6.35. The molecule has 1 aromatic carbocycles. The molecule has 0 saturated heterocycles. The number of nitrogens with zero attached hydrogens (tertiary/aromatic N) is 2. The van der Waals surface area contributed by atoms with Crippen molar-refractivity contribution in [2.24, 2.45) is 5.73 Å². The van der Waals surface area contributed by atoms with E-state index in [9.17, 15) is 4.79 Å². The fourth-order valence-corrected chi connectivity index (χ4v) is 2.15. The molecule has 0 radical (unpaired) electrons. The number of aryl methyl sites for hydroxylation is 1. The maximum atomic E-state index is 12.3. The molecule has 0 unspecified atom stereocenters. The van der Waals surface area contributed by atoms with Crippen LogP contribution in [0.2, 0.25) is 5.02 Å². The van der Waals surface area contributed by atoms with E-state index in [1.165, 1.54) is 0 Å². The summed E-state index contributed by atoms with van der Waals surface area (Å²) in [5, 5.41) is 0.910. The summed E-state index contributed by atoms with van der Waals surface area (Å²) < 4.78 is 1.61. The van der Waals surface area contributed by atoms with E-state index in [-0.39, 0.29) is 5.56 Å². The molecule has 2 aromatic rings. The van der Waals surface area contributed by atoms with Gasteiger partial charge in [-0.25, -0.2) is 4.98 Å². The predicted molar refractivity (Wildman–Crippen MR) is 69.4 cm³/mol. The standard InChI is InChI=1S/C12H14ClN3O/c1-2-10-15-9-5-3-4-8(13)11(9)12(17)16(10)7-6-14/h3-5H,2,6-7,14H2,1H3. The zero-order chi connectivity index (χ0) is 12.4. The molecule has 0 bridgehead atoms. The van der Waals surface area contributed by atoms with E-state index < -0.39 is 0 Å². The van der Waals surface area contributed by atoms with Gasteiger partial charge in [-0.15, -0.1) is 0 Å². The monoisotopic (exact) mass is 251 g/mol. The minimum atomic E-state index is -0.108. The Bertz CT molecular complexity index is 606. The lowest BCUT2D eigenvalue weighted by molar-refractivity contribution is 0.631. The van der Waals surface area contributed by atoms with Crippen LogP contribution in [0.3, 0.4) is 0 Å². The second-order valence-electron chi connectivity index (χ2n) is 3.76. The Labute approximate surface area is 104 Å². The predicted octanol–water partition coefficient (Wildman–Crippen LogP) is 1.57. The van der Waals surface area contributed by atoms with E-state index in [1.807, 2.05) is 6.92 Å². The van der Waals surface area contributed by atoms with Crippen LogP contribution in [0.15, 0.2) is 23.0 Å². The third-order valence-electron chi connectivity index (χ3n) is 2.68. The van der Waals surface area contributed by atoms with Crippen molar-refractivity contribution in [2.75, 3.05) is 6.54 Å². The minimum Gasteiger partial charge on any atom is -0.329 e. The van der Waals surface area contributed by atoms with Gasteiger partial charge in [-0.05, 0) is 12.1 Å². The van der Waals surface area contributed by atoms with Crippen molar-refractivity contribution in [1.82, 2.24) is 9.55 Å². The van der Waals surface area contributed by atoms with E-state index in [0.717, 1.165) is 5.82 Å². The number of fused-ring (bicyclic) bond motifs is 1. The zero-order valence-corrected chi connectivity index (χ0v) is 10.4. The zero-order valence-electron chi connectivity index (χ0n) is 9.61. The highest BCUT2D eigenvalue weighted by Gasteiger charge is 2.11. The Morgan fingerprint density at radius 1 is 1.47 bits per heavy atom. The molecule has 0 aliphatic rings. The van der Waals surface area contributed by atoms with Crippen molar-refractivity contribution in [3.05, 3.63) is 39.4 Å². The normalized spacial score (nSPS) is 11.0. The maximum absolute atomic E-state index is 12.3. The van der Waals surface area contributed by atoms with E-state index in [1.54, 1.807) is 22.8 Å². The Morgan fingerprint density at radius 2 is 2.24 bits per heavy atom. The molecule has 0 fully saturated rings. The summed E-state index contributed by atoms with van der Waals surface area (Å²) in [5.41, 5.74) is 6.05. The number of nitrogens with two attached hydrogens (primary N) is 1. The molecule has 2 rings (SSSR count). The molecule has 5 heteroatoms. The molecule has 1 heterocycles. The molecule has 0 aliphatic carbocycles. The quantitative estimate of drug-likeness (QED) is 0.901. The lowest BCUT2D eigenvalue weighted by atomic mass is 10.2. The van der Waals surface area contributed by atoms with Crippen LogP contribution in [0.1, 0.15) is 12.7 Å². The van der Waals surface area contributed by atoms with Gasteiger partial charge in [-0.1, -0.05) is 24.6 Å². The number of benzene rings is 1. The van der Waals surface area contributed by atoms with Crippen LogP contribution in [-0.2, 0) is 13.0 Å². The lowest BCUT2D eigenvalue weighted by Crippen LogP contribution is -2.28. The van der Waals surface area contributed by atoms with Gasteiger partial charge in [-0.3, -0.25) is 9.36 Å². The van der Waals surface area contributed by atoms with Crippen LogP contribution in [0.4, 0.5) is 0 Å². The van der Waals surface area contributed by atoms with E-state index >= 15 is 0 Å². The number of rotatable bonds is 3. The fraction of sp³-hybridized carbons (Fsp3) is 0.333. The van der Waals surface area contributed by atoms with Crippen molar-refractivity contribution < 1.29 is 0 Å². The molecular formula is C12H14ClN3O. The summed E-state index contributed by atoms with van der Waals surface area (Å²) >= 11 is 6.05. The number of hydrogen-bond donors (Lipinski definition) is 1. The van der Waals surface area contributed by atoms with Gasteiger partial charge in [0.2, 0.25) is 0 Å². The van der Waals surface area contributed by atoms with E-state index in [2.05, 4.69) is 4.98 Å². The number of halogens is 1. The van der Waals surface area contributed by atoms with Crippen molar-refractivity contribution in [2.45, 2.75) is 19.9 Å². The van der Waals surface area contributed by atoms with Crippen molar-refractivity contribution in [3.8, 4) is 0 Å². The van der Waals surface area contributed by atoms with Gasteiger partial charge in [0.25, 0.3) is 5.56 Å². The first-order valence-corrected chi connectivity index (χ1v) is 5.94. The minimum absolute atomic E-state index is 0.108. The summed E-state index contributed by atoms with van der Waals surface area (Å²) in [6.45, 7) is 2.84. The van der Waals surface area contributed by atoms with Crippen molar-refractivity contribution in [3.63, 3.8) is 0 Å². The fourth-order valence-electron chi connectivity index (χ4n) is 1.90. The Morgan fingerprint density at radius 3 is 2.88 bits per heavy atom. The molecule has 2 N–H and O–H groups in total. The molecule has 90 valence electrons. The van der Waals surface area contributed by atoms with Gasteiger partial charge in [0.05, 0.1) is 15.9 Å². The first-order valence-electron chi connectivity index (χ1n) is 5.57. The third-order valence-corrected chi connectivity index (χ3v) is 3.00. The molecular weight excluding hydrogens is 238 g/mol. The lowest BCUT2D eigenvalue weighted by Gasteiger charge is -2.11. The van der Waals surface area contributed by atoms with Crippen molar-refractivity contribution >= 4 is 22.5 Å². The van der Waals surface area contributed by atoms with E-state index in [4.69, 9.17) is 17.3 Å². The Hall–Kier alpha value is -1.39. The molecule has 4 nitrogen and oxygen atoms in total. The second kappa shape index (κ2) is 4.85. The average molecular weight is 252 g/mol. The molecule has 0 saturated carbocycles. The van der Waals surface area contributed by atoms with Crippen molar-refractivity contribution in [1.29, 1.82) is 0 Å². The molecule has 0 aliphatic heterocycles. The smallest absolute Gasteiger partial charge is 0.262 e. The number of hydrogen-bond acceptors (Lipinski definition) is 3. The first kappa shape index (κ1) is 12.1. The van der Waals surface area contributed by atoms with Gasteiger partial charge < -0.3 is 5.73 Å². The van der Waals surface area contributed by atoms with Crippen LogP contribution in [0, 0.1) is 0 Å². The topological polar surface area (TPSA) is 60.9 Å². The largest absolute Gasteiger partial charge is 0.329 e. The molecule has 1 aromatic heterocycles. The average Bonchev–Trinajstić information content (AvgIpc) is 2.32. The third kappa shape index (κ3) is 2.06. The summed E-state index contributed by atoms with van der Waals surface area (Å²) in [7, 11) is 0. The van der Waals surface area contributed by atoms with Crippen LogP contribution < -0.4 is 11.3 Å². The summed E-state index contributed by atoms with van der Waals surface area (Å²) in [6.07, 6.45) is 0.692. The van der Waals surface area contributed by atoms with Gasteiger partial charge in [0.1, 0.15) is 5.82 Å². The Balaban J connectivity index is 2.84. The van der Waals surface area contributed by atoms with Gasteiger partial charge in [0.15, 0.2) is 0 Å². The number of aromatic nitrogens is 2. The molecule has 0 atom stereocenters. The highest BCUT2D eigenvalue weighted by Crippen LogP contribution is 2.18. The second-order valence-corrected chi connectivity index (χ2v) is 4.17. The van der Waals surface area contributed by atoms with Crippen LogP contribution >= 0.6 is 11.6 Å². The van der Waals surface area contributed by atoms with Crippen LogP contribution in [-0.4, -0.2) is 16.1 Å².